The zero-order valence-corrected chi connectivity index (χ0v) is 12.0. The van der Waals surface area contributed by atoms with Gasteiger partial charge in [0.2, 0.25) is 0 Å². The molecule has 2 nitrogen and oxygen atoms in total. The fraction of sp³-hybridized carbons (Fsp3) is 0.250. The topological polar surface area (TPSA) is 21.3 Å². The lowest BCUT2D eigenvalue weighted by molar-refractivity contribution is 0.306. The lowest BCUT2D eigenvalue weighted by atomic mass is 10.1. The number of aryl methyl sites for hydroxylation is 1. The van der Waals surface area contributed by atoms with E-state index in [1.807, 2.05) is 32.2 Å². The maximum absolute atomic E-state index is 5.99. The average molecular weight is 276 g/mol. The normalized spacial score (nSPS) is 10.5. The molecule has 100 valence electrons. The Labute approximate surface area is 119 Å². The zero-order valence-electron chi connectivity index (χ0n) is 11.2. The first-order valence-electron chi connectivity index (χ1n) is 6.30. The van der Waals surface area contributed by atoms with Crippen LogP contribution in [0.2, 0.25) is 5.02 Å². The molecule has 2 aromatic carbocycles. The van der Waals surface area contributed by atoms with Crippen molar-refractivity contribution >= 4 is 11.6 Å². The molecular formula is C16H18ClNO. The zero-order chi connectivity index (χ0) is 13.7. The van der Waals surface area contributed by atoms with E-state index in [2.05, 4.69) is 29.6 Å². The summed E-state index contributed by atoms with van der Waals surface area (Å²) in [7, 11) is 1.94. The lowest BCUT2D eigenvalue weighted by Gasteiger charge is -2.09. The van der Waals surface area contributed by atoms with Crippen LogP contribution in [0, 0.1) is 6.92 Å². The SMILES string of the molecule is CNCc1cccc(COc2ccc(Cl)c(C)c2)c1. The molecule has 2 rings (SSSR count). The van der Waals surface area contributed by atoms with E-state index in [1.165, 1.54) is 11.1 Å². The van der Waals surface area contributed by atoms with Crippen molar-refractivity contribution in [3.05, 3.63) is 64.2 Å². The van der Waals surface area contributed by atoms with Crippen molar-refractivity contribution in [2.24, 2.45) is 0 Å². The Hall–Kier alpha value is -1.51. The Balaban J connectivity index is 2.01. The molecule has 19 heavy (non-hydrogen) atoms. The van der Waals surface area contributed by atoms with Crippen molar-refractivity contribution in [2.75, 3.05) is 7.05 Å². The van der Waals surface area contributed by atoms with Gasteiger partial charge < -0.3 is 10.1 Å². The minimum Gasteiger partial charge on any atom is -0.489 e. The van der Waals surface area contributed by atoms with Gasteiger partial charge in [0.25, 0.3) is 0 Å². The molecule has 0 bridgehead atoms. The van der Waals surface area contributed by atoms with Gasteiger partial charge in [0.15, 0.2) is 0 Å². The second-order valence-corrected chi connectivity index (χ2v) is 4.96. The van der Waals surface area contributed by atoms with Crippen LogP contribution in [0.25, 0.3) is 0 Å². The monoisotopic (exact) mass is 275 g/mol. The number of rotatable bonds is 5. The van der Waals surface area contributed by atoms with E-state index >= 15 is 0 Å². The second kappa shape index (κ2) is 6.60. The fourth-order valence-electron chi connectivity index (χ4n) is 1.91. The van der Waals surface area contributed by atoms with Crippen LogP contribution in [0.1, 0.15) is 16.7 Å². The largest absolute Gasteiger partial charge is 0.489 e. The highest BCUT2D eigenvalue weighted by Crippen LogP contribution is 2.21. The van der Waals surface area contributed by atoms with Crippen LogP contribution in [0.15, 0.2) is 42.5 Å². The summed E-state index contributed by atoms with van der Waals surface area (Å²) in [6.07, 6.45) is 0. The Morgan fingerprint density at radius 1 is 1.11 bits per heavy atom. The van der Waals surface area contributed by atoms with Crippen molar-refractivity contribution in [2.45, 2.75) is 20.1 Å². The minimum atomic E-state index is 0.568. The average Bonchev–Trinajstić information content (AvgIpc) is 2.41. The maximum atomic E-state index is 5.99. The molecule has 0 aliphatic heterocycles. The van der Waals surface area contributed by atoms with Crippen LogP contribution in [-0.4, -0.2) is 7.05 Å². The summed E-state index contributed by atoms with van der Waals surface area (Å²) >= 11 is 5.99. The van der Waals surface area contributed by atoms with Gasteiger partial charge in [-0.15, -0.1) is 0 Å². The highest BCUT2D eigenvalue weighted by atomic mass is 35.5. The van der Waals surface area contributed by atoms with E-state index in [4.69, 9.17) is 16.3 Å². The molecule has 2 aromatic rings. The minimum absolute atomic E-state index is 0.568. The highest BCUT2D eigenvalue weighted by Gasteiger charge is 2.00. The molecule has 0 fully saturated rings. The van der Waals surface area contributed by atoms with Gasteiger partial charge in [-0.1, -0.05) is 35.9 Å². The molecule has 0 amide bonds. The molecule has 0 heterocycles. The Morgan fingerprint density at radius 2 is 1.89 bits per heavy atom. The molecule has 0 atom stereocenters. The lowest BCUT2D eigenvalue weighted by Crippen LogP contribution is -2.05. The molecule has 0 spiro atoms. The van der Waals surface area contributed by atoms with E-state index in [-0.39, 0.29) is 0 Å². The summed E-state index contributed by atoms with van der Waals surface area (Å²) in [5, 5.41) is 3.91. The molecule has 0 aromatic heterocycles. The number of halogens is 1. The Kier molecular flexibility index (Phi) is 4.83. The predicted molar refractivity (Wildman–Crippen MR) is 79.7 cm³/mol. The molecule has 0 unspecified atom stereocenters. The van der Waals surface area contributed by atoms with Crippen LogP contribution in [0.3, 0.4) is 0 Å². The van der Waals surface area contributed by atoms with Gasteiger partial charge in [-0.2, -0.15) is 0 Å². The van der Waals surface area contributed by atoms with Crippen molar-refractivity contribution in [3.8, 4) is 5.75 Å². The number of nitrogens with one attached hydrogen (secondary N) is 1. The number of benzene rings is 2. The summed E-state index contributed by atoms with van der Waals surface area (Å²) in [5.41, 5.74) is 3.46. The van der Waals surface area contributed by atoms with E-state index in [0.717, 1.165) is 22.9 Å². The van der Waals surface area contributed by atoms with E-state index in [0.29, 0.717) is 6.61 Å². The van der Waals surface area contributed by atoms with Gasteiger partial charge in [-0.25, -0.2) is 0 Å². The second-order valence-electron chi connectivity index (χ2n) is 4.55. The van der Waals surface area contributed by atoms with Crippen LogP contribution < -0.4 is 10.1 Å². The highest BCUT2D eigenvalue weighted by molar-refractivity contribution is 6.31. The first-order chi connectivity index (χ1) is 9.19. The molecule has 3 heteroatoms. The molecule has 0 radical (unpaired) electrons. The van der Waals surface area contributed by atoms with E-state index in [9.17, 15) is 0 Å². The Bertz CT molecular complexity index is 554. The first-order valence-corrected chi connectivity index (χ1v) is 6.68. The van der Waals surface area contributed by atoms with Crippen molar-refractivity contribution in [3.63, 3.8) is 0 Å². The molecule has 1 N–H and O–H groups in total. The van der Waals surface area contributed by atoms with Crippen LogP contribution in [0.5, 0.6) is 5.75 Å². The predicted octanol–water partition coefficient (Wildman–Crippen LogP) is 3.95. The summed E-state index contributed by atoms with van der Waals surface area (Å²) in [5.74, 6) is 0.848. The number of hydrogen-bond acceptors (Lipinski definition) is 2. The van der Waals surface area contributed by atoms with Gasteiger partial charge in [-0.05, 0) is 48.9 Å². The third-order valence-electron chi connectivity index (χ3n) is 2.91. The molecule has 0 saturated carbocycles. The van der Waals surface area contributed by atoms with Crippen molar-refractivity contribution in [1.29, 1.82) is 0 Å². The van der Waals surface area contributed by atoms with Gasteiger partial charge in [0.1, 0.15) is 12.4 Å². The maximum Gasteiger partial charge on any atom is 0.120 e. The van der Waals surface area contributed by atoms with E-state index < -0.39 is 0 Å². The third-order valence-corrected chi connectivity index (χ3v) is 3.33. The van der Waals surface area contributed by atoms with Crippen molar-refractivity contribution in [1.82, 2.24) is 5.32 Å². The summed E-state index contributed by atoms with van der Waals surface area (Å²) in [6, 6.07) is 14.1. The first kappa shape index (κ1) is 13.9. The molecule has 0 aliphatic rings. The van der Waals surface area contributed by atoms with Gasteiger partial charge >= 0.3 is 0 Å². The summed E-state index contributed by atoms with van der Waals surface area (Å²) in [6.45, 7) is 3.41. The number of hydrogen-bond donors (Lipinski definition) is 1. The molecule has 0 aliphatic carbocycles. The van der Waals surface area contributed by atoms with Crippen LogP contribution in [0.4, 0.5) is 0 Å². The number of ether oxygens (including phenoxy) is 1. The van der Waals surface area contributed by atoms with E-state index in [1.54, 1.807) is 0 Å². The standard InChI is InChI=1S/C16H18ClNO/c1-12-8-15(6-7-16(12)17)19-11-14-5-3-4-13(9-14)10-18-2/h3-9,18H,10-11H2,1-2H3. The van der Waals surface area contributed by atoms with Gasteiger partial charge in [-0.3, -0.25) is 0 Å². The molecule has 0 saturated heterocycles. The third kappa shape index (κ3) is 3.98. The van der Waals surface area contributed by atoms with Gasteiger partial charge in [0.05, 0.1) is 0 Å². The quantitative estimate of drug-likeness (QED) is 0.892. The fourth-order valence-corrected chi connectivity index (χ4v) is 2.02. The smallest absolute Gasteiger partial charge is 0.120 e. The van der Waals surface area contributed by atoms with Gasteiger partial charge in [0, 0.05) is 11.6 Å². The summed E-state index contributed by atoms with van der Waals surface area (Å²) in [4.78, 5) is 0. The molecular weight excluding hydrogens is 258 g/mol. The van der Waals surface area contributed by atoms with Crippen LogP contribution in [-0.2, 0) is 13.2 Å². The van der Waals surface area contributed by atoms with Crippen LogP contribution >= 0.6 is 11.6 Å². The Morgan fingerprint density at radius 3 is 2.63 bits per heavy atom. The van der Waals surface area contributed by atoms with Crippen molar-refractivity contribution < 1.29 is 4.74 Å². The summed E-state index contributed by atoms with van der Waals surface area (Å²) < 4.78 is 5.78.